The Hall–Kier alpha value is -2.20. The lowest BCUT2D eigenvalue weighted by atomic mass is 9.94. The Morgan fingerprint density at radius 1 is 1.00 bits per heavy atom. The van der Waals surface area contributed by atoms with Gasteiger partial charge in [0.15, 0.2) is 6.10 Å². The predicted molar refractivity (Wildman–Crippen MR) is 75.9 cm³/mol. The largest absolute Gasteiger partial charge is 0.456 e. The van der Waals surface area contributed by atoms with Crippen molar-refractivity contribution in [1.82, 2.24) is 5.48 Å². The fraction of sp³-hybridized carbons (Fsp3) is 0.714. The molecule has 1 fully saturated rings. The molecule has 1 aliphatic rings. The average Bonchev–Trinajstić information content (AvgIpc) is 2.47. The Kier molecular flexibility index (Phi) is 7.59. The van der Waals surface area contributed by atoms with Gasteiger partial charge in [-0.1, -0.05) is 6.92 Å². The molecule has 0 amide bonds. The van der Waals surface area contributed by atoms with Crippen molar-refractivity contribution in [2.45, 2.75) is 64.8 Å². The van der Waals surface area contributed by atoms with E-state index in [2.05, 4.69) is 10.3 Å². The van der Waals surface area contributed by atoms with Crippen LogP contribution < -0.4 is 5.48 Å². The number of carbonyl (C=O) groups is 4. The van der Waals surface area contributed by atoms with Crippen molar-refractivity contribution >= 4 is 24.4 Å². The molecule has 10 heteroatoms. The monoisotopic (exact) mass is 347 g/mol. The Morgan fingerprint density at radius 3 is 2.00 bits per heavy atom. The van der Waals surface area contributed by atoms with E-state index >= 15 is 0 Å². The van der Waals surface area contributed by atoms with Crippen LogP contribution in [0.1, 0.15) is 34.1 Å². The zero-order chi connectivity index (χ0) is 18.3. The van der Waals surface area contributed by atoms with Crippen LogP contribution >= 0.6 is 0 Å². The lowest BCUT2D eigenvalue weighted by molar-refractivity contribution is -0.281. The molecular formula is C14H21NO9. The molecule has 1 aliphatic heterocycles. The maximum atomic E-state index is 11.4. The molecule has 0 saturated carbocycles. The van der Waals surface area contributed by atoms with Crippen molar-refractivity contribution < 1.29 is 43.0 Å². The van der Waals surface area contributed by atoms with Crippen LogP contribution in [-0.4, -0.2) is 55.0 Å². The van der Waals surface area contributed by atoms with E-state index in [4.69, 9.17) is 18.9 Å². The third-order valence-corrected chi connectivity index (χ3v) is 3.20. The molecule has 10 nitrogen and oxygen atoms in total. The minimum absolute atomic E-state index is 0.149. The highest BCUT2D eigenvalue weighted by Crippen LogP contribution is 2.28. The van der Waals surface area contributed by atoms with Gasteiger partial charge < -0.3 is 23.8 Å². The summed E-state index contributed by atoms with van der Waals surface area (Å²) in [6.07, 6.45) is -3.84. The van der Waals surface area contributed by atoms with Crippen LogP contribution in [-0.2, 0) is 43.0 Å². The fourth-order valence-corrected chi connectivity index (χ4v) is 2.41. The SMILES string of the molecule is CC[C@H]1O[C@H](OC(C)=O)[C@@H](OC(C)=O)[C@@H](OC(C)=O)C1NOC=O. The molecule has 24 heavy (non-hydrogen) atoms. The Bertz CT molecular complexity index is 481. The maximum Gasteiger partial charge on any atom is 0.312 e. The van der Waals surface area contributed by atoms with E-state index in [1.54, 1.807) is 6.92 Å². The van der Waals surface area contributed by atoms with Gasteiger partial charge in [-0.3, -0.25) is 19.2 Å². The first-order valence-corrected chi connectivity index (χ1v) is 7.32. The fourth-order valence-electron chi connectivity index (χ4n) is 2.41. The predicted octanol–water partition coefficient (Wildman–Crippen LogP) is -0.406. The number of hydrogen-bond acceptors (Lipinski definition) is 10. The van der Waals surface area contributed by atoms with E-state index < -0.39 is 48.6 Å². The smallest absolute Gasteiger partial charge is 0.312 e. The third kappa shape index (κ3) is 5.46. The highest BCUT2D eigenvalue weighted by Gasteiger charge is 2.51. The first kappa shape index (κ1) is 19.8. The summed E-state index contributed by atoms with van der Waals surface area (Å²) < 4.78 is 21.0. The Balaban J connectivity index is 3.17. The molecule has 1 N–H and O–H groups in total. The van der Waals surface area contributed by atoms with Gasteiger partial charge in [0.25, 0.3) is 0 Å². The number of rotatable bonds is 7. The minimum atomic E-state index is -1.27. The van der Waals surface area contributed by atoms with E-state index in [9.17, 15) is 19.2 Å². The van der Waals surface area contributed by atoms with Crippen LogP contribution in [0.3, 0.4) is 0 Å². The van der Waals surface area contributed by atoms with Gasteiger partial charge in [-0.15, -0.1) is 5.48 Å². The summed E-state index contributed by atoms with van der Waals surface area (Å²) in [5, 5.41) is 0. The lowest BCUT2D eigenvalue weighted by Crippen LogP contribution is -2.65. The first-order valence-electron chi connectivity index (χ1n) is 7.32. The Labute approximate surface area is 138 Å². The van der Waals surface area contributed by atoms with Crippen LogP contribution in [0.25, 0.3) is 0 Å². The molecule has 0 aromatic rings. The molecule has 0 aliphatic carbocycles. The van der Waals surface area contributed by atoms with Crippen molar-refractivity contribution in [3.05, 3.63) is 0 Å². The van der Waals surface area contributed by atoms with Crippen LogP contribution in [0.2, 0.25) is 0 Å². The molecule has 0 spiro atoms. The molecule has 0 aromatic heterocycles. The van der Waals surface area contributed by atoms with E-state index in [1.165, 1.54) is 6.92 Å². The van der Waals surface area contributed by atoms with Crippen molar-refractivity contribution in [1.29, 1.82) is 0 Å². The number of hydrogen-bond donors (Lipinski definition) is 1. The van der Waals surface area contributed by atoms with E-state index in [-0.39, 0.29) is 6.47 Å². The van der Waals surface area contributed by atoms with E-state index in [0.717, 1.165) is 13.8 Å². The molecular weight excluding hydrogens is 326 g/mol. The summed E-state index contributed by atoms with van der Waals surface area (Å²) in [5.74, 6) is -2.01. The normalized spacial score (nSPS) is 29.2. The molecule has 1 rings (SSSR count). The summed E-state index contributed by atoms with van der Waals surface area (Å²) >= 11 is 0. The van der Waals surface area contributed by atoms with Crippen LogP contribution in [0.15, 0.2) is 0 Å². The number of esters is 3. The van der Waals surface area contributed by atoms with E-state index in [0.29, 0.717) is 6.42 Å². The molecule has 1 saturated heterocycles. The quantitative estimate of drug-likeness (QED) is 0.281. The minimum Gasteiger partial charge on any atom is -0.456 e. The standard InChI is InChI=1S/C14H21NO9/c1-5-10-11(15-20-6-16)12(21-7(2)17)13(22-8(3)18)14(24-10)23-9(4)19/h6,10-15H,5H2,1-4H3/t10-,11?,12+,13+,14+/m1/s1. The summed E-state index contributed by atoms with van der Waals surface area (Å²) in [4.78, 5) is 49.1. The number of nitrogens with one attached hydrogen (secondary N) is 1. The molecule has 1 heterocycles. The van der Waals surface area contributed by atoms with Gasteiger partial charge in [-0.2, -0.15) is 0 Å². The number of hydroxylamine groups is 1. The Morgan fingerprint density at radius 2 is 1.54 bits per heavy atom. The van der Waals surface area contributed by atoms with Gasteiger partial charge in [0.05, 0.1) is 6.10 Å². The van der Waals surface area contributed by atoms with Crippen molar-refractivity contribution in [2.24, 2.45) is 0 Å². The molecule has 0 aromatic carbocycles. The van der Waals surface area contributed by atoms with Gasteiger partial charge in [0.1, 0.15) is 6.04 Å². The number of ether oxygens (including phenoxy) is 4. The topological polar surface area (TPSA) is 126 Å². The third-order valence-electron chi connectivity index (χ3n) is 3.20. The summed E-state index contributed by atoms with van der Waals surface area (Å²) in [6, 6.07) is -0.833. The first-order chi connectivity index (χ1) is 11.3. The molecule has 1 unspecified atom stereocenters. The van der Waals surface area contributed by atoms with Gasteiger partial charge in [-0.25, -0.2) is 0 Å². The summed E-state index contributed by atoms with van der Waals surface area (Å²) in [6.45, 7) is 5.39. The van der Waals surface area contributed by atoms with Crippen molar-refractivity contribution in [3.63, 3.8) is 0 Å². The second-order valence-electron chi connectivity index (χ2n) is 5.07. The van der Waals surface area contributed by atoms with Crippen LogP contribution in [0.5, 0.6) is 0 Å². The molecule has 0 bridgehead atoms. The van der Waals surface area contributed by atoms with Gasteiger partial charge in [0.2, 0.25) is 12.4 Å². The van der Waals surface area contributed by atoms with E-state index in [1.807, 2.05) is 0 Å². The van der Waals surface area contributed by atoms with Crippen LogP contribution in [0.4, 0.5) is 0 Å². The molecule has 5 atom stereocenters. The zero-order valence-electron chi connectivity index (χ0n) is 13.8. The highest BCUT2D eigenvalue weighted by molar-refractivity contribution is 5.68. The zero-order valence-corrected chi connectivity index (χ0v) is 13.8. The lowest BCUT2D eigenvalue weighted by Gasteiger charge is -2.44. The van der Waals surface area contributed by atoms with Crippen LogP contribution in [0, 0.1) is 0 Å². The highest BCUT2D eigenvalue weighted by atomic mass is 16.7. The second kappa shape index (κ2) is 9.18. The van der Waals surface area contributed by atoms with Crippen molar-refractivity contribution in [3.8, 4) is 0 Å². The van der Waals surface area contributed by atoms with Crippen molar-refractivity contribution in [2.75, 3.05) is 0 Å². The number of carbonyl (C=O) groups excluding carboxylic acids is 4. The van der Waals surface area contributed by atoms with Gasteiger partial charge in [0, 0.05) is 20.8 Å². The summed E-state index contributed by atoms with van der Waals surface area (Å²) in [7, 11) is 0. The molecule has 0 radical (unpaired) electrons. The maximum absolute atomic E-state index is 11.4. The summed E-state index contributed by atoms with van der Waals surface area (Å²) in [5.41, 5.74) is 2.40. The van der Waals surface area contributed by atoms with Gasteiger partial charge >= 0.3 is 24.4 Å². The average molecular weight is 347 g/mol. The molecule has 136 valence electrons. The second-order valence-corrected chi connectivity index (χ2v) is 5.07. The van der Waals surface area contributed by atoms with Gasteiger partial charge in [-0.05, 0) is 6.42 Å².